The molecule has 3 rings (SSSR count). The number of hydrogen-bond donors (Lipinski definition) is 0. The molecule has 7 nitrogen and oxygen atoms in total. The summed E-state index contributed by atoms with van der Waals surface area (Å²) in [5, 5.41) is 3.92. The van der Waals surface area contributed by atoms with E-state index in [0.29, 0.717) is 17.6 Å². The van der Waals surface area contributed by atoms with Crippen LogP contribution < -0.4 is 4.90 Å². The molecule has 2 aromatic heterocycles. The molecule has 7 heteroatoms. The van der Waals surface area contributed by atoms with Gasteiger partial charge >= 0.3 is 0 Å². The number of rotatable bonds is 7. The zero-order chi connectivity index (χ0) is 19.2. The first-order valence-electron chi connectivity index (χ1n) is 9.92. The van der Waals surface area contributed by atoms with Gasteiger partial charge in [0.05, 0.1) is 0 Å². The van der Waals surface area contributed by atoms with E-state index in [0.717, 1.165) is 63.2 Å². The van der Waals surface area contributed by atoms with Crippen LogP contribution in [-0.2, 0) is 4.79 Å². The third-order valence-electron chi connectivity index (χ3n) is 5.07. The fraction of sp³-hybridized carbons (Fsp3) is 0.600. The van der Waals surface area contributed by atoms with Gasteiger partial charge in [0.2, 0.25) is 17.6 Å². The number of carbonyl (C=O) groups excluding carboxylic acids is 1. The summed E-state index contributed by atoms with van der Waals surface area (Å²) in [6.07, 6.45) is 5.88. The van der Waals surface area contributed by atoms with Crippen molar-refractivity contribution < 1.29 is 9.32 Å². The smallest absolute Gasteiger partial charge is 0.225 e. The Morgan fingerprint density at radius 1 is 1.15 bits per heavy atom. The molecule has 146 valence electrons. The van der Waals surface area contributed by atoms with Crippen molar-refractivity contribution >= 4 is 11.7 Å². The molecule has 1 aliphatic heterocycles. The van der Waals surface area contributed by atoms with Crippen molar-refractivity contribution in [1.29, 1.82) is 0 Å². The maximum atomic E-state index is 12.8. The molecular formula is C20H29N5O2. The van der Waals surface area contributed by atoms with Crippen LogP contribution in [0, 0.1) is 12.8 Å². The number of carbonyl (C=O) groups is 1. The molecule has 1 aliphatic rings. The van der Waals surface area contributed by atoms with Gasteiger partial charge in [-0.05, 0) is 25.0 Å². The summed E-state index contributed by atoms with van der Waals surface area (Å²) in [6.45, 7) is 9.21. The van der Waals surface area contributed by atoms with Gasteiger partial charge in [0.15, 0.2) is 0 Å². The van der Waals surface area contributed by atoms with Crippen molar-refractivity contribution in [2.24, 2.45) is 5.92 Å². The van der Waals surface area contributed by atoms with E-state index >= 15 is 0 Å². The summed E-state index contributed by atoms with van der Waals surface area (Å²) >= 11 is 0. The standard InChI is InChI=1S/C20H29N5O2/c1-4-6-16(7-5-2)20(26)25-12-10-24(11-13-25)18-9-8-17(14-21-18)19-22-15(3)27-23-19/h8-9,14,16H,4-7,10-13H2,1-3H3. The summed E-state index contributed by atoms with van der Waals surface area (Å²) < 4.78 is 5.02. The first-order valence-corrected chi connectivity index (χ1v) is 9.92. The molecule has 3 heterocycles. The first kappa shape index (κ1) is 19.3. The van der Waals surface area contributed by atoms with E-state index in [4.69, 9.17) is 4.52 Å². The molecule has 0 spiro atoms. The molecule has 0 bridgehead atoms. The number of hydrogen-bond acceptors (Lipinski definition) is 6. The van der Waals surface area contributed by atoms with Crippen LogP contribution in [0.5, 0.6) is 0 Å². The van der Waals surface area contributed by atoms with Crippen molar-refractivity contribution in [3.63, 3.8) is 0 Å². The topological polar surface area (TPSA) is 75.4 Å². The zero-order valence-electron chi connectivity index (χ0n) is 16.5. The molecule has 0 radical (unpaired) electrons. The van der Waals surface area contributed by atoms with Crippen molar-refractivity contribution in [2.75, 3.05) is 31.1 Å². The van der Waals surface area contributed by atoms with Gasteiger partial charge < -0.3 is 14.3 Å². The molecule has 0 unspecified atom stereocenters. The number of amides is 1. The number of pyridine rings is 1. The summed E-state index contributed by atoms with van der Waals surface area (Å²) in [5.74, 6) is 2.53. The van der Waals surface area contributed by atoms with Crippen molar-refractivity contribution in [3.8, 4) is 11.4 Å². The average Bonchev–Trinajstić information content (AvgIpc) is 3.14. The predicted molar refractivity (Wildman–Crippen MR) is 104 cm³/mol. The number of aromatic nitrogens is 3. The second-order valence-corrected chi connectivity index (χ2v) is 7.13. The highest BCUT2D eigenvalue weighted by molar-refractivity contribution is 5.79. The van der Waals surface area contributed by atoms with Gasteiger partial charge in [0.25, 0.3) is 0 Å². The minimum absolute atomic E-state index is 0.183. The van der Waals surface area contributed by atoms with Crippen LogP contribution in [0.15, 0.2) is 22.9 Å². The first-order chi connectivity index (χ1) is 13.1. The highest BCUT2D eigenvalue weighted by Gasteiger charge is 2.26. The Balaban J connectivity index is 1.58. The Morgan fingerprint density at radius 2 is 1.85 bits per heavy atom. The fourth-order valence-corrected chi connectivity index (χ4v) is 3.62. The third-order valence-corrected chi connectivity index (χ3v) is 5.07. The lowest BCUT2D eigenvalue weighted by Gasteiger charge is -2.37. The summed E-state index contributed by atoms with van der Waals surface area (Å²) in [7, 11) is 0. The lowest BCUT2D eigenvalue weighted by molar-refractivity contribution is -0.136. The Bertz CT molecular complexity index is 729. The van der Waals surface area contributed by atoms with Crippen LogP contribution in [0.1, 0.15) is 45.4 Å². The van der Waals surface area contributed by atoms with Crippen molar-refractivity contribution in [1.82, 2.24) is 20.0 Å². The van der Waals surface area contributed by atoms with E-state index in [1.54, 1.807) is 13.1 Å². The maximum Gasteiger partial charge on any atom is 0.225 e. The molecule has 0 aliphatic carbocycles. The third kappa shape index (κ3) is 4.64. The molecule has 0 N–H and O–H groups in total. The van der Waals surface area contributed by atoms with Crippen LogP contribution in [0.4, 0.5) is 5.82 Å². The largest absolute Gasteiger partial charge is 0.353 e. The normalized spacial score (nSPS) is 14.8. The molecule has 2 aromatic rings. The van der Waals surface area contributed by atoms with E-state index in [-0.39, 0.29) is 5.92 Å². The van der Waals surface area contributed by atoms with Gasteiger partial charge in [0, 0.05) is 50.8 Å². The van der Waals surface area contributed by atoms with Gasteiger partial charge in [-0.25, -0.2) is 4.98 Å². The summed E-state index contributed by atoms with van der Waals surface area (Å²) in [6, 6.07) is 3.94. The van der Waals surface area contributed by atoms with Crippen LogP contribution in [0.2, 0.25) is 0 Å². The van der Waals surface area contributed by atoms with E-state index in [1.807, 2.05) is 17.0 Å². The quantitative estimate of drug-likeness (QED) is 0.743. The Kier molecular flexibility index (Phi) is 6.42. The van der Waals surface area contributed by atoms with Crippen LogP contribution in [0.25, 0.3) is 11.4 Å². The molecule has 1 amide bonds. The highest BCUT2D eigenvalue weighted by atomic mass is 16.5. The number of aryl methyl sites for hydroxylation is 1. The lowest BCUT2D eigenvalue weighted by atomic mass is 9.96. The minimum Gasteiger partial charge on any atom is -0.353 e. The highest BCUT2D eigenvalue weighted by Crippen LogP contribution is 2.21. The van der Waals surface area contributed by atoms with Gasteiger partial charge in [0.1, 0.15) is 5.82 Å². The van der Waals surface area contributed by atoms with Crippen LogP contribution >= 0.6 is 0 Å². The molecule has 1 saturated heterocycles. The second-order valence-electron chi connectivity index (χ2n) is 7.13. The van der Waals surface area contributed by atoms with Gasteiger partial charge in [-0.15, -0.1) is 0 Å². The zero-order valence-corrected chi connectivity index (χ0v) is 16.5. The Morgan fingerprint density at radius 3 is 2.37 bits per heavy atom. The summed E-state index contributed by atoms with van der Waals surface area (Å²) in [5.41, 5.74) is 0.839. The monoisotopic (exact) mass is 371 g/mol. The van der Waals surface area contributed by atoms with Gasteiger partial charge in [-0.1, -0.05) is 31.8 Å². The lowest BCUT2D eigenvalue weighted by Crippen LogP contribution is -2.50. The van der Waals surface area contributed by atoms with Crippen molar-refractivity contribution in [3.05, 3.63) is 24.2 Å². The van der Waals surface area contributed by atoms with E-state index in [9.17, 15) is 4.79 Å². The summed E-state index contributed by atoms with van der Waals surface area (Å²) in [4.78, 5) is 25.8. The number of anilines is 1. The van der Waals surface area contributed by atoms with Crippen LogP contribution in [-0.4, -0.2) is 52.1 Å². The number of nitrogens with zero attached hydrogens (tertiary/aromatic N) is 5. The minimum atomic E-state index is 0.183. The SMILES string of the molecule is CCCC(CCC)C(=O)N1CCN(c2ccc(-c3noc(C)n3)cn2)CC1. The predicted octanol–water partition coefficient (Wildman–Crippen LogP) is 3.31. The maximum absolute atomic E-state index is 12.8. The number of piperazine rings is 1. The van der Waals surface area contributed by atoms with E-state index in [1.165, 1.54) is 0 Å². The second kappa shape index (κ2) is 8.97. The van der Waals surface area contributed by atoms with Gasteiger partial charge in [-0.2, -0.15) is 4.98 Å². The van der Waals surface area contributed by atoms with E-state index < -0.39 is 0 Å². The Hall–Kier alpha value is -2.44. The molecule has 1 fully saturated rings. The molecule has 27 heavy (non-hydrogen) atoms. The average molecular weight is 371 g/mol. The molecular weight excluding hydrogens is 342 g/mol. The van der Waals surface area contributed by atoms with Crippen molar-refractivity contribution in [2.45, 2.75) is 46.5 Å². The Labute approximate surface area is 160 Å². The van der Waals surface area contributed by atoms with E-state index in [2.05, 4.69) is 33.9 Å². The molecule has 0 aromatic carbocycles. The fourth-order valence-electron chi connectivity index (χ4n) is 3.62. The van der Waals surface area contributed by atoms with Crippen LogP contribution in [0.3, 0.4) is 0 Å². The molecule has 0 atom stereocenters. The van der Waals surface area contributed by atoms with Gasteiger partial charge in [-0.3, -0.25) is 4.79 Å². The molecule has 0 saturated carbocycles.